The van der Waals surface area contributed by atoms with Crippen molar-refractivity contribution in [1.29, 1.82) is 0 Å². The Morgan fingerprint density at radius 3 is 2.59 bits per heavy atom. The minimum atomic E-state index is 0.263. The zero-order valence-corrected chi connectivity index (χ0v) is 11.5. The van der Waals surface area contributed by atoms with Crippen LogP contribution in [-0.2, 0) is 11.2 Å². The Kier molecular flexibility index (Phi) is 3.84. The van der Waals surface area contributed by atoms with Gasteiger partial charge in [0, 0.05) is 30.1 Å². The topological polar surface area (TPSA) is 23.6 Å². The van der Waals surface area contributed by atoms with Crippen LogP contribution in [0.2, 0.25) is 0 Å². The van der Waals surface area contributed by atoms with E-state index in [1.165, 1.54) is 0 Å². The second-order valence-electron chi connectivity index (χ2n) is 4.92. The third-order valence-corrected chi connectivity index (χ3v) is 4.49. The first-order chi connectivity index (χ1) is 8.08. The number of carbonyl (C=O) groups excluding carboxylic acids is 1. The Labute approximate surface area is 107 Å². The predicted octanol–water partition coefficient (Wildman–Crippen LogP) is 1.84. The van der Waals surface area contributed by atoms with E-state index in [4.69, 9.17) is 0 Å². The molecule has 1 amide bonds. The minimum absolute atomic E-state index is 0.263. The van der Waals surface area contributed by atoms with Crippen LogP contribution in [-0.4, -0.2) is 47.9 Å². The van der Waals surface area contributed by atoms with E-state index >= 15 is 0 Å². The number of hydrogen-bond acceptors (Lipinski definition) is 3. The fourth-order valence-corrected chi connectivity index (χ4v) is 2.98. The summed E-state index contributed by atoms with van der Waals surface area (Å²) in [6, 6.07) is 4.94. The molecule has 0 aliphatic carbocycles. The van der Waals surface area contributed by atoms with Crippen molar-refractivity contribution in [3.63, 3.8) is 0 Å². The first-order valence-electron chi connectivity index (χ1n) is 6.10. The fraction of sp³-hybridized carbons (Fsp3) is 0.615. The van der Waals surface area contributed by atoms with Crippen molar-refractivity contribution in [1.82, 2.24) is 9.80 Å². The van der Waals surface area contributed by atoms with Gasteiger partial charge < -0.3 is 4.90 Å². The van der Waals surface area contributed by atoms with Gasteiger partial charge in [0.1, 0.15) is 0 Å². The minimum Gasteiger partial charge on any atom is -0.339 e. The fourth-order valence-electron chi connectivity index (χ4n) is 2.28. The number of amides is 1. The molecule has 0 N–H and O–H groups in total. The first-order valence-corrected chi connectivity index (χ1v) is 6.98. The van der Waals surface area contributed by atoms with E-state index in [-0.39, 0.29) is 5.91 Å². The smallest absolute Gasteiger partial charge is 0.227 e. The third-order valence-electron chi connectivity index (χ3n) is 3.62. The molecule has 1 aliphatic heterocycles. The Hall–Kier alpha value is -0.870. The molecule has 3 nitrogen and oxygen atoms in total. The summed E-state index contributed by atoms with van der Waals surface area (Å²) in [4.78, 5) is 17.7. The summed E-state index contributed by atoms with van der Waals surface area (Å²) in [6.45, 7) is 6.07. The average Bonchev–Trinajstić information content (AvgIpc) is 2.77. The van der Waals surface area contributed by atoms with Gasteiger partial charge in [0.2, 0.25) is 5.91 Å². The largest absolute Gasteiger partial charge is 0.339 e. The highest BCUT2D eigenvalue weighted by Crippen LogP contribution is 2.16. The monoisotopic (exact) mass is 252 g/mol. The maximum absolute atomic E-state index is 12.2. The number of likely N-dealkylation sites (N-methyl/N-ethyl adjacent to an activating group) is 1. The SMILES string of the molecule is CC1CN(C(=O)Cc2cccs2)CC(C)N1C. The van der Waals surface area contributed by atoms with Crippen molar-refractivity contribution in [3.05, 3.63) is 22.4 Å². The molecule has 94 valence electrons. The van der Waals surface area contributed by atoms with E-state index in [0.29, 0.717) is 18.5 Å². The summed E-state index contributed by atoms with van der Waals surface area (Å²) in [5, 5.41) is 2.03. The van der Waals surface area contributed by atoms with Crippen LogP contribution in [0.25, 0.3) is 0 Å². The Bertz CT molecular complexity index is 365. The lowest BCUT2D eigenvalue weighted by molar-refractivity contribution is -0.134. The molecule has 1 aromatic rings. The van der Waals surface area contributed by atoms with Crippen molar-refractivity contribution < 1.29 is 4.79 Å². The van der Waals surface area contributed by atoms with Crippen molar-refractivity contribution >= 4 is 17.2 Å². The van der Waals surface area contributed by atoms with E-state index in [1.807, 2.05) is 22.4 Å². The van der Waals surface area contributed by atoms with Gasteiger partial charge in [0.05, 0.1) is 6.42 Å². The third kappa shape index (κ3) is 2.87. The highest BCUT2D eigenvalue weighted by molar-refractivity contribution is 7.10. The summed E-state index contributed by atoms with van der Waals surface area (Å²) in [7, 11) is 2.14. The van der Waals surface area contributed by atoms with Gasteiger partial charge in [0.25, 0.3) is 0 Å². The lowest BCUT2D eigenvalue weighted by Gasteiger charge is -2.42. The van der Waals surface area contributed by atoms with Gasteiger partial charge in [-0.05, 0) is 32.3 Å². The average molecular weight is 252 g/mol. The molecule has 0 radical (unpaired) electrons. The summed E-state index contributed by atoms with van der Waals surface area (Å²) < 4.78 is 0. The van der Waals surface area contributed by atoms with Crippen LogP contribution in [0.3, 0.4) is 0 Å². The number of hydrogen-bond donors (Lipinski definition) is 0. The molecule has 1 aromatic heterocycles. The summed E-state index contributed by atoms with van der Waals surface area (Å²) in [6.07, 6.45) is 0.556. The van der Waals surface area contributed by atoms with Crippen LogP contribution in [0.1, 0.15) is 18.7 Å². The number of carbonyl (C=O) groups is 1. The molecule has 0 bridgehead atoms. The normalized spacial score (nSPS) is 26.2. The summed E-state index contributed by atoms with van der Waals surface area (Å²) in [5.41, 5.74) is 0. The van der Waals surface area contributed by atoms with Crippen LogP contribution in [0.4, 0.5) is 0 Å². The summed E-state index contributed by atoms with van der Waals surface area (Å²) in [5.74, 6) is 0.263. The first kappa shape index (κ1) is 12.6. The number of rotatable bonds is 2. The van der Waals surface area contributed by atoms with E-state index in [1.54, 1.807) is 11.3 Å². The lowest BCUT2D eigenvalue weighted by atomic mass is 10.1. The number of piperazine rings is 1. The standard InChI is InChI=1S/C13H20N2OS/c1-10-8-15(9-11(2)14(10)3)13(16)7-12-5-4-6-17-12/h4-6,10-11H,7-9H2,1-3H3. The van der Waals surface area contributed by atoms with Crippen LogP contribution in [0, 0.1) is 0 Å². The molecule has 2 unspecified atom stereocenters. The Morgan fingerprint density at radius 1 is 1.41 bits per heavy atom. The number of nitrogens with zero attached hydrogens (tertiary/aromatic N) is 2. The zero-order valence-electron chi connectivity index (χ0n) is 10.7. The van der Waals surface area contributed by atoms with Crippen molar-refractivity contribution in [3.8, 4) is 0 Å². The molecule has 0 saturated carbocycles. The van der Waals surface area contributed by atoms with Crippen LogP contribution < -0.4 is 0 Å². The van der Waals surface area contributed by atoms with Crippen LogP contribution in [0.5, 0.6) is 0 Å². The van der Waals surface area contributed by atoms with E-state index in [2.05, 4.69) is 25.8 Å². The zero-order chi connectivity index (χ0) is 12.4. The maximum atomic E-state index is 12.2. The van der Waals surface area contributed by atoms with Gasteiger partial charge in [-0.15, -0.1) is 11.3 Å². The van der Waals surface area contributed by atoms with Gasteiger partial charge >= 0.3 is 0 Å². The molecule has 17 heavy (non-hydrogen) atoms. The quantitative estimate of drug-likeness (QED) is 0.802. The molecular weight excluding hydrogens is 232 g/mol. The molecule has 2 atom stereocenters. The lowest BCUT2D eigenvalue weighted by Crippen LogP contribution is -2.56. The Balaban J connectivity index is 1.96. The molecule has 0 aromatic carbocycles. The molecule has 1 saturated heterocycles. The van der Waals surface area contributed by atoms with Crippen LogP contribution >= 0.6 is 11.3 Å². The molecule has 1 aliphatic rings. The maximum Gasteiger partial charge on any atom is 0.227 e. The van der Waals surface area contributed by atoms with Crippen molar-refractivity contribution in [2.24, 2.45) is 0 Å². The van der Waals surface area contributed by atoms with E-state index in [9.17, 15) is 4.79 Å². The molecule has 2 rings (SSSR count). The van der Waals surface area contributed by atoms with Gasteiger partial charge in [0.15, 0.2) is 0 Å². The number of thiophene rings is 1. The second kappa shape index (κ2) is 5.19. The molecule has 0 spiro atoms. The Morgan fingerprint density at radius 2 is 2.06 bits per heavy atom. The van der Waals surface area contributed by atoms with Crippen LogP contribution in [0.15, 0.2) is 17.5 Å². The molecular formula is C13H20N2OS. The van der Waals surface area contributed by atoms with Gasteiger partial charge in [-0.2, -0.15) is 0 Å². The van der Waals surface area contributed by atoms with Gasteiger partial charge in [-0.25, -0.2) is 0 Å². The van der Waals surface area contributed by atoms with Gasteiger partial charge in [-0.1, -0.05) is 6.07 Å². The van der Waals surface area contributed by atoms with Crippen molar-refractivity contribution in [2.75, 3.05) is 20.1 Å². The van der Waals surface area contributed by atoms with Crippen molar-refractivity contribution in [2.45, 2.75) is 32.4 Å². The molecule has 4 heteroatoms. The molecule has 2 heterocycles. The predicted molar refractivity (Wildman–Crippen MR) is 71.3 cm³/mol. The van der Waals surface area contributed by atoms with E-state index in [0.717, 1.165) is 18.0 Å². The van der Waals surface area contributed by atoms with Gasteiger partial charge in [-0.3, -0.25) is 9.69 Å². The van der Waals surface area contributed by atoms with E-state index < -0.39 is 0 Å². The highest BCUT2D eigenvalue weighted by Gasteiger charge is 2.29. The molecule has 1 fully saturated rings. The highest BCUT2D eigenvalue weighted by atomic mass is 32.1. The second-order valence-corrected chi connectivity index (χ2v) is 5.95. The summed E-state index contributed by atoms with van der Waals surface area (Å²) >= 11 is 1.66.